The van der Waals surface area contributed by atoms with E-state index >= 15 is 0 Å². The summed E-state index contributed by atoms with van der Waals surface area (Å²) in [5.41, 5.74) is 12.9. The third kappa shape index (κ3) is 10.1. The van der Waals surface area contributed by atoms with Crippen LogP contribution in [-0.2, 0) is 16.0 Å². The van der Waals surface area contributed by atoms with Crippen molar-refractivity contribution < 1.29 is 24.1 Å². The smallest absolute Gasteiger partial charge is 0.223 e. The molecule has 212 valence electrons. The number of nitrogens with two attached hydrogens (primary N) is 2. The summed E-state index contributed by atoms with van der Waals surface area (Å²) in [5.74, 6) is 1.40. The van der Waals surface area contributed by atoms with E-state index in [1.807, 2.05) is 32.9 Å². The largest absolute Gasteiger partial charge is 0.493 e. The van der Waals surface area contributed by atoms with E-state index in [9.17, 15) is 9.90 Å². The Bertz CT molecular complexity index is 841. The van der Waals surface area contributed by atoms with Gasteiger partial charge in [-0.25, -0.2) is 0 Å². The van der Waals surface area contributed by atoms with Crippen molar-refractivity contribution in [2.45, 2.75) is 89.8 Å². The molecular weight excluding hydrogens is 470 g/mol. The molecular formula is C29H51N3O5. The number of rotatable bonds is 18. The Balaban J connectivity index is 2.00. The molecule has 1 aromatic rings. The van der Waals surface area contributed by atoms with Crippen LogP contribution in [0.4, 0.5) is 0 Å². The van der Waals surface area contributed by atoms with Gasteiger partial charge in [0.15, 0.2) is 11.5 Å². The van der Waals surface area contributed by atoms with Crippen LogP contribution >= 0.6 is 0 Å². The predicted molar refractivity (Wildman–Crippen MR) is 148 cm³/mol. The van der Waals surface area contributed by atoms with Crippen molar-refractivity contribution in [2.75, 3.05) is 34.0 Å². The number of nitrogens with one attached hydrogen (secondary N) is 1. The normalized spacial score (nSPS) is 18.5. The second kappa shape index (κ2) is 14.3. The van der Waals surface area contributed by atoms with Gasteiger partial charge in [-0.05, 0) is 68.6 Å². The molecule has 0 unspecified atom stereocenters. The SMILES string of the molecule is CC[C@@H](Cc1ccc(OC)c(OCCCOC)c1)C[C@](C)(N)[C@@H](O)C[C@H](C(=O)NCC1(N)CC1)C(C)C. The number of hydrogen-bond acceptors (Lipinski definition) is 7. The van der Waals surface area contributed by atoms with Crippen LogP contribution in [0.2, 0.25) is 0 Å². The van der Waals surface area contributed by atoms with E-state index in [1.165, 1.54) is 0 Å². The lowest BCUT2D eigenvalue weighted by Crippen LogP contribution is -2.52. The van der Waals surface area contributed by atoms with E-state index in [4.69, 9.17) is 25.7 Å². The van der Waals surface area contributed by atoms with Crippen molar-refractivity contribution in [2.24, 2.45) is 29.2 Å². The van der Waals surface area contributed by atoms with E-state index in [2.05, 4.69) is 18.3 Å². The van der Waals surface area contributed by atoms with Gasteiger partial charge in [0.1, 0.15) is 0 Å². The summed E-state index contributed by atoms with van der Waals surface area (Å²) in [5, 5.41) is 14.2. The van der Waals surface area contributed by atoms with Crippen LogP contribution in [0.5, 0.6) is 11.5 Å². The lowest BCUT2D eigenvalue weighted by atomic mass is 9.77. The Morgan fingerprint density at radius 1 is 1.22 bits per heavy atom. The zero-order valence-electron chi connectivity index (χ0n) is 23.8. The van der Waals surface area contributed by atoms with Crippen molar-refractivity contribution in [3.05, 3.63) is 23.8 Å². The first kappa shape index (κ1) is 31.3. The number of ether oxygens (including phenoxy) is 3. The van der Waals surface area contributed by atoms with Crippen molar-refractivity contribution in [3.8, 4) is 11.5 Å². The van der Waals surface area contributed by atoms with Crippen LogP contribution in [0.1, 0.15) is 71.8 Å². The van der Waals surface area contributed by atoms with E-state index in [1.54, 1.807) is 14.2 Å². The maximum atomic E-state index is 12.9. The fraction of sp³-hybridized carbons (Fsp3) is 0.759. The first-order valence-electron chi connectivity index (χ1n) is 13.8. The first-order valence-corrected chi connectivity index (χ1v) is 13.8. The van der Waals surface area contributed by atoms with Crippen molar-refractivity contribution in [1.29, 1.82) is 0 Å². The number of amides is 1. The van der Waals surface area contributed by atoms with Crippen LogP contribution in [-0.4, -0.2) is 62.2 Å². The van der Waals surface area contributed by atoms with Crippen molar-refractivity contribution in [1.82, 2.24) is 5.32 Å². The van der Waals surface area contributed by atoms with Gasteiger partial charge in [-0.3, -0.25) is 4.79 Å². The molecule has 37 heavy (non-hydrogen) atoms. The number of hydrogen-bond donors (Lipinski definition) is 4. The van der Waals surface area contributed by atoms with Crippen LogP contribution in [0.25, 0.3) is 0 Å². The second-order valence-electron chi connectivity index (χ2n) is 11.6. The average molecular weight is 522 g/mol. The first-order chi connectivity index (χ1) is 17.4. The molecule has 0 saturated heterocycles. The number of aliphatic hydroxyl groups excluding tert-OH is 1. The van der Waals surface area contributed by atoms with E-state index in [-0.39, 0.29) is 29.2 Å². The molecule has 8 heteroatoms. The van der Waals surface area contributed by atoms with Gasteiger partial charge in [-0.15, -0.1) is 0 Å². The molecule has 2 rings (SSSR count). The summed E-state index contributed by atoms with van der Waals surface area (Å²) in [7, 11) is 3.31. The molecule has 1 amide bonds. The molecule has 1 aliphatic rings. The maximum absolute atomic E-state index is 12.9. The van der Waals surface area contributed by atoms with Crippen LogP contribution in [0.15, 0.2) is 18.2 Å². The number of methoxy groups -OCH3 is 2. The Kier molecular flexibility index (Phi) is 12.1. The van der Waals surface area contributed by atoms with Gasteiger partial charge in [0.25, 0.3) is 0 Å². The van der Waals surface area contributed by atoms with E-state index in [0.717, 1.165) is 43.4 Å². The Morgan fingerprint density at radius 3 is 2.49 bits per heavy atom. The minimum absolute atomic E-state index is 0.0510. The molecule has 1 saturated carbocycles. The number of benzene rings is 1. The molecule has 1 aliphatic carbocycles. The van der Waals surface area contributed by atoms with Gasteiger partial charge in [0, 0.05) is 43.7 Å². The monoisotopic (exact) mass is 521 g/mol. The third-order valence-electron chi connectivity index (χ3n) is 7.70. The number of aliphatic hydroxyl groups is 1. The summed E-state index contributed by atoms with van der Waals surface area (Å²) in [6.45, 7) is 9.74. The van der Waals surface area contributed by atoms with E-state index < -0.39 is 11.6 Å². The summed E-state index contributed by atoms with van der Waals surface area (Å²) in [6.07, 6.45) is 4.57. The lowest BCUT2D eigenvalue weighted by molar-refractivity contribution is -0.128. The number of carbonyl (C=O) groups is 1. The molecule has 0 radical (unpaired) electrons. The molecule has 0 bridgehead atoms. The summed E-state index contributed by atoms with van der Waals surface area (Å²) >= 11 is 0. The molecule has 1 fully saturated rings. The van der Waals surface area contributed by atoms with Gasteiger partial charge >= 0.3 is 0 Å². The van der Waals surface area contributed by atoms with Crippen LogP contribution < -0.4 is 26.3 Å². The minimum Gasteiger partial charge on any atom is -0.493 e. The summed E-state index contributed by atoms with van der Waals surface area (Å²) in [4.78, 5) is 12.9. The minimum atomic E-state index is -0.828. The molecule has 8 nitrogen and oxygen atoms in total. The standard InChI is InChI=1S/C29H51N3O5/c1-7-21(15-22-9-10-24(36-6)25(16-22)37-14-8-13-35-5)18-28(4,30)26(33)17-23(20(2)3)27(34)32-19-29(31)11-12-29/h9-10,16,20-21,23,26,33H,7-8,11-15,17-19,30-31H2,1-6H3,(H,32,34)/t21-,23-,26-,28-/m0/s1. The molecule has 0 heterocycles. The topological polar surface area (TPSA) is 129 Å². The Hall–Kier alpha value is -1.87. The van der Waals surface area contributed by atoms with Gasteiger partial charge in [-0.1, -0.05) is 33.3 Å². The molecule has 0 spiro atoms. The quantitative estimate of drug-likeness (QED) is 0.218. The van der Waals surface area contributed by atoms with Crippen molar-refractivity contribution >= 4 is 5.91 Å². The highest BCUT2D eigenvalue weighted by atomic mass is 16.5. The fourth-order valence-corrected chi connectivity index (χ4v) is 4.72. The zero-order chi connectivity index (χ0) is 27.6. The summed E-state index contributed by atoms with van der Waals surface area (Å²) in [6, 6.07) is 6.02. The Morgan fingerprint density at radius 2 is 1.92 bits per heavy atom. The molecule has 6 N–H and O–H groups in total. The van der Waals surface area contributed by atoms with Gasteiger partial charge < -0.3 is 36.1 Å². The lowest BCUT2D eigenvalue weighted by Gasteiger charge is -2.36. The third-order valence-corrected chi connectivity index (χ3v) is 7.70. The summed E-state index contributed by atoms with van der Waals surface area (Å²) < 4.78 is 16.5. The van der Waals surface area contributed by atoms with Crippen molar-refractivity contribution in [3.63, 3.8) is 0 Å². The predicted octanol–water partition coefficient (Wildman–Crippen LogP) is 3.42. The average Bonchev–Trinajstić information content (AvgIpc) is 3.60. The molecule has 4 atom stereocenters. The molecule has 1 aromatic carbocycles. The number of carbonyl (C=O) groups excluding carboxylic acids is 1. The molecule has 0 aromatic heterocycles. The second-order valence-corrected chi connectivity index (χ2v) is 11.6. The highest BCUT2D eigenvalue weighted by molar-refractivity contribution is 5.79. The molecule has 0 aliphatic heterocycles. The Labute approximate surface area is 223 Å². The highest BCUT2D eigenvalue weighted by Crippen LogP contribution is 2.33. The van der Waals surface area contributed by atoms with Crippen LogP contribution in [0, 0.1) is 17.8 Å². The van der Waals surface area contributed by atoms with Gasteiger partial charge in [-0.2, -0.15) is 0 Å². The zero-order valence-corrected chi connectivity index (χ0v) is 23.8. The maximum Gasteiger partial charge on any atom is 0.223 e. The van der Waals surface area contributed by atoms with Crippen LogP contribution in [0.3, 0.4) is 0 Å². The van der Waals surface area contributed by atoms with Gasteiger partial charge in [0.2, 0.25) is 5.91 Å². The highest BCUT2D eigenvalue weighted by Gasteiger charge is 2.40. The fourth-order valence-electron chi connectivity index (χ4n) is 4.72. The van der Waals surface area contributed by atoms with E-state index in [0.29, 0.717) is 38.3 Å². The van der Waals surface area contributed by atoms with Gasteiger partial charge in [0.05, 0.1) is 19.8 Å².